The van der Waals surface area contributed by atoms with Gasteiger partial charge in [0.05, 0.1) is 12.4 Å². The van der Waals surface area contributed by atoms with Gasteiger partial charge in [0.1, 0.15) is 0 Å². The maximum atomic E-state index is 6.44. The van der Waals surface area contributed by atoms with E-state index < -0.39 is 0 Å². The van der Waals surface area contributed by atoms with E-state index in [1.807, 2.05) is 0 Å². The van der Waals surface area contributed by atoms with E-state index in [0.717, 1.165) is 18.8 Å². The van der Waals surface area contributed by atoms with Gasteiger partial charge in [-0.2, -0.15) is 0 Å². The van der Waals surface area contributed by atoms with Crippen LogP contribution >= 0.6 is 0 Å². The molecule has 0 aromatic rings. The molecule has 264 valence electrons. The smallest absolute Gasteiger partial charge is 0.0978 e. The van der Waals surface area contributed by atoms with Gasteiger partial charge in [-0.05, 0) is 127 Å². The van der Waals surface area contributed by atoms with Crippen LogP contribution in [-0.4, -0.2) is 6.10 Å². The average Bonchev–Trinajstić information content (AvgIpc) is 3.61. The summed E-state index contributed by atoms with van der Waals surface area (Å²) in [4.78, 5) is 0. The maximum absolute atomic E-state index is 6.44. The van der Waals surface area contributed by atoms with Gasteiger partial charge in [-0.25, -0.2) is 0 Å². The Hall–Kier alpha value is -1.50. The van der Waals surface area contributed by atoms with Crippen LogP contribution in [-0.2, 0) is 4.74 Å². The highest BCUT2D eigenvalue weighted by Crippen LogP contribution is 2.64. The predicted molar refractivity (Wildman–Crippen MR) is 206 cm³/mol. The molecule has 1 nitrogen and oxygen atoms in total. The molecular weight excluding hydrogens is 556 g/mol. The molecule has 1 heteroatoms. The van der Waals surface area contributed by atoms with Crippen LogP contribution < -0.4 is 0 Å². The first kappa shape index (κ1) is 40.7. The highest BCUT2D eigenvalue weighted by Gasteiger charge is 2.54. The third kappa shape index (κ3) is 22.1. The van der Waals surface area contributed by atoms with E-state index in [9.17, 15) is 0 Å². The van der Waals surface area contributed by atoms with Crippen LogP contribution in [0.3, 0.4) is 0 Å². The van der Waals surface area contributed by atoms with Crippen LogP contribution in [0.5, 0.6) is 0 Å². The van der Waals surface area contributed by atoms with Crippen molar-refractivity contribution in [3.63, 3.8) is 0 Å². The number of ether oxygens (including phenoxy) is 1. The molecule has 46 heavy (non-hydrogen) atoms. The molecule has 2 atom stereocenters. The summed E-state index contributed by atoms with van der Waals surface area (Å²) in [5, 5.41) is 0. The van der Waals surface area contributed by atoms with E-state index in [4.69, 9.17) is 4.74 Å². The fourth-order valence-corrected chi connectivity index (χ4v) is 7.35. The first-order valence-electron chi connectivity index (χ1n) is 20.7. The van der Waals surface area contributed by atoms with Gasteiger partial charge < -0.3 is 4.74 Å². The summed E-state index contributed by atoms with van der Waals surface area (Å²) in [5.41, 5.74) is 0.546. The van der Waals surface area contributed by atoms with Crippen molar-refractivity contribution in [2.45, 2.75) is 213 Å². The van der Waals surface area contributed by atoms with E-state index in [1.165, 1.54) is 180 Å². The van der Waals surface area contributed by atoms with Gasteiger partial charge in [0.2, 0.25) is 0 Å². The van der Waals surface area contributed by atoms with E-state index >= 15 is 0 Å². The highest BCUT2D eigenvalue weighted by molar-refractivity contribution is 5.16. The van der Waals surface area contributed by atoms with Crippen molar-refractivity contribution in [3.05, 3.63) is 60.9 Å². The Morgan fingerprint density at radius 1 is 0.543 bits per heavy atom. The second kappa shape index (κ2) is 29.6. The van der Waals surface area contributed by atoms with Crippen molar-refractivity contribution in [2.75, 3.05) is 0 Å². The summed E-state index contributed by atoms with van der Waals surface area (Å²) in [6.07, 6.45) is 63.9. The Morgan fingerprint density at radius 3 is 1.39 bits per heavy atom. The van der Waals surface area contributed by atoms with Gasteiger partial charge in [0.15, 0.2) is 0 Å². The molecule has 0 saturated heterocycles. The molecule has 0 amide bonds. The van der Waals surface area contributed by atoms with E-state index in [0.29, 0.717) is 11.5 Å². The fourth-order valence-electron chi connectivity index (χ4n) is 7.35. The lowest BCUT2D eigenvalue weighted by atomic mass is 10.0. The van der Waals surface area contributed by atoms with Crippen molar-refractivity contribution in [1.29, 1.82) is 0 Å². The van der Waals surface area contributed by atoms with Crippen LogP contribution in [0.1, 0.15) is 206 Å². The van der Waals surface area contributed by atoms with Crippen molar-refractivity contribution in [2.24, 2.45) is 11.3 Å². The third-order valence-electron chi connectivity index (χ3n) is 10.6. The molecule has 2 aliphatic rings. The van der Waals surface area contributed by atoms with Crippen LogP contribution in [0.25, 0.3) is 0 Å². The SMILES string of the molecule is CCCCC/C=C\C/C=C\CCCCCCCCC(CCCCCCCC/C=C\C/C=C\CCCCC)O/C=C/C12CCCC1C2. The highest BCUT2D eigenvalue weighted by atomic mass is 16.5. The van der Waals surface area contributed by atoms with Crippen LogP contribution in [0.4, 0.5) is 0 Å². The van der Waals surface area contributed by atoms with Crippen molar-refractivity contribution < 1.29 is 4.74 Å². The predicted octanol–water partition coefficient (Wildman–Crippen LogP) is 15.5. The lowest BCUT2D eigenvalue weighted by Gasteiger charge is -2.17. The topological polar surface area (TPSA) is 9.23 Å². The normalized spacial score (nSPS) is 19.8. The summed E-state index contributed by atoms with van der Waals surface area (Å²) in [7, 11) is 0. The van der Waals surface area contributed by atoms with Crippen molar-refractivity contribution >= 4 is 0 Å². The maximum Gasteiger partial charge on any atom is 0.0978 e. The average molecular weight is 635 g/mol. The first-order chi connectivity index (χ1) is 22.8. The van der Waals surface area contributed by atoms with Gasteiger partial charge >= 0.3 is 0 Å². The third-order valence-corrected chi connectivity index (χ3v) is 10.6. The Labute approximate surface area is 288 Å². The summed E-state index contributed by atoms with van der Waals surface area (Å²) in [6.45, 7) is 4.55. The molecule has 0 spiro atoms. The molecule has 0 bridgehead atoms. The molecule has 2 unspecified atom stereocenters. The molecule has 0 aliphatic heterocycles. The molecule has 0 N–H and O–H groups in total. The number of hydrogen-bond acceptors (Lipinski definition) is 1. The zero-order chi connectivity index (χ0) is 32.6. The number of unbranched alkanes of at least 4 members (excludes halogenated alkanes) is 18. The van der Waals surface area contributed by atoms with E-state index in [-0.39, 0.29) is 0 Å². The summed E-state index contributed by atoms with van der Waals surface area (Å²) >= 11 is 0. The molecule has 2 fully saturated rings. The molecule has 2 aliphatic carbocycles. The standard InChI is InChI=1S/C45H78O/c1-3-5-7-9-11-13-15-17-19-21-23-25-27-29-31-33-37-44(46-41-40-45-39-35-36-43(45)42-45)38-34-32-30-28-26-24-22-20-18-16-14-12-10-8-6-4-2/h11-14,17-20,40-41,43-44H,3-10,15-16,21-39,42H2,1-2H3/b13-11-,14-12-,19-17-,20-18-,41-40+. The summed E-state index contributed by atoms with van der Waals surface area (Å²) < 4.78 is 6.44. The van der Waals surface area contributed by atoms with E-state index in [1.54, 1.807) is 0 Å². The minimum absolute atomic E-state index is 0.433. The summed E-state index contributed by atoms with van der Waals surface area (Å²) in [5.74, 6) is 0.978. The Morgan fingerprint density at radius 2 is 0.978 bits per heavy atom. The molecule has 0 aromatic carbocycles. The van der Waals surface area contributed by atoms with Crippen LogP contribution in [0.15, 0.2) is 60.9 Å². The van der Waals surface area contributed by atoms with E-state index in [2.05, 4.69) is 74.8 Å². The van der Waals surface area contributed by atoms with Crippen molar-refractivity contribution in [1.82, 2.24) is 0 Å². The molecule has 2 saturated carbocycles. The quantitative estimate of drug-likeness (QED) is 0.0396. The lowest BCUT2D eigenvalue weighted by Crippen LogP contribution is -2.10. The van der Waals surface area contributed by atoms with Gasteiger partial charge in [-0.3, -0.25) is 0 Å². The molecule has 0 radical (unpaired) electrons. The second-order valence-electron chi connectivity index (χ2n) is 14.8. The Bertz CT molecular complexity index is 767. The molecular formula is C45H78O. The minimum Gasteiger partial charge on any atom is -0.498 e. The monoisotopic (exact) mass is 635 g/mol. The lowest BCUT2D eigenvalue weighted by molar-refractivity contribution is 0.119. The number of fused-ring (bicyclic) bond motifs is 1. The van der Waals surface area contributed by atoms with Gasteiger partial charge in [0.25, 0.3) is 0 Å². The number of allylic oxidation sites excluding steroid dienone is 9. The van der Waals surface area contributed by atoms with Crippen LogP contribution in [0.2, 0.25) is 0 Å². The zero-order valence-corrected chi connectivity index (χ0v) is 31.0. The largest absolute Gasteiger partial charge is 0.498 e. The van der Waals surface area contributed by atoms with Crippen molar-refractivity contribution in [3.8, 4) is 0 Å². The summed E-state index contributed by atoms with van der Waals surface area (Å²) in [6, 6.07) is 0. The molecule has 0 aromatic heterocycles. The Kier molecular flexibility index (Phi) is 26.2. The second-order valence-corrected chi connectivity index (χ2v) is 14.8. The Balaban J connectivity index is 1.48. The first-order valence-corrected chi connectivity index (χ1v) is 20.7. The zero-order valence-electron chi connectivity index (χ0n) is 31.0. The number of rotatable bonds is 33. The molecule has 0 heterocycles. The van der Waals surface area contributed by atoms with Crippen LogP contribution in [0, 0.1) is 11.3 Å². The minimum atomic E-state index is 0.433. The van der Waals surface area contributed by atoms with Gasteiger partial charge in [0, 0.05) is 0 Å². The van der Waals surface area contributed by atoms with Gasteiger partial charge in [-0.1, -0.05) is 146 Å². The van der Waals surface area contributed by atoms with Gasteiger partial charge in [-0.15, -0.1) is 0 Å². The number of hydrogen-bond donors (Lipinski definition) is 0. The fraction of sp³-hybridized carbons (Fsp3) is 0.778. The molecule has 2 rings (SSSR count).